The molecule has 0 aromatic rings. The monoisotopic (exact) mass is 370 g/mol. The number of isocyanates is 1. The van der Waals surface area contributed by atoms with Gasteiger partial charge in [0.1, 0.15) is 12.8 Å². The average molecular weight is 370 g/mol. The predicted octanol–water partition coefficient (Wildman–Crippen LogP) is 2.26. The molecule has 0 aliphatic rings. The summed E-state index contributed by atoms with van der Waals surface area (Å²) in [5.41, 5.74) is 0. The zero-order valence-electron chi connectivity index (χ0n) is 13.8. The first-order chi connectivity index (χ1) is 10.7. The molecule has 1 atom stereocenters. The number of hydrogen-bond acceptors (Lipinski definition) is 8. The van der Waals surface area contributed by atoms with E-state index in [1.165, 1.54) is 19.4 Å². The van der Waals surface area contributed by atoms with E-state index < -0.39 is 26.9 Å². The highest BCUT2D eigenvalue weighted by Crippen LogP contribution is 2.50. The summed E-state index contributed by atoms with van der Waals surface area (Å²) in [6.45, 7) is 6.43. The smallest absolute Gasteiger partial charge is 0.408 e. The molecule has 0 radical (unpaired) electrons. The van der Waals surface area contributed by atoms with E-state index in [1.54, 1.807) is 13.8 Å². The zero-order valence-corrected chi connectivity index (χ0v) is 15.6. The lowest BCUT2D eigenvalue weighted by atomic mass is 10.5. The molecular formula is C12H24N2O7P2. The van der Waals surface area contributed by atoms with Crippen molar-refractivity contribution in [2.24, 2.45) is 4.99 Å². The summed E-state index contributed by atoms with van der Waals surface area (Å²) in [5, 5.41) is 2.20. The maximum atomic E-state index is 12.5. The molecule has 11 heteroatoms. The van der Waals surface area contributed by atoms with Crippen LogP contribution in [0.3, 0.4) is 0 Å². The molecule has 0 heterocycles. The van der Waals surface area contributed by atoms with Crippen LogP contribution in [0.2, 0.25) is 0 Å². The maximum absolute atomic E-state index is 12.5. The topological polar surface area (TPSA) is 120 Å². The lowest BCUT2D eigenvalue weighted by molar-refractivity contribution is 0.113. The molecule has 0 rings (SSSR count). The van der Waals surface area contributed by atoms with Gasteiger partial charge in [-0.05, 0) is 27.2 Å². The second kappa shape index (κ2) is 10.7. The lowest BCUT2D eigenvalue weighted by Crippen LogP contribution is -2.33. The normalized spacial score (nSPS) is 13.0. The SMILES string of the molecule is CCOP(=O)(CC(CP(C)(C)=O)OC(=O)NCN=C=O)OCC. The van der Waals surface area contributed by atoms with Crippen molar-refractivity contribution in [1.82, 2.24) is 5.32 Å². The highest BCUT2D eigenvalue weighted by molar-refractivity contribution is 7.62. The molecule has 0 aromatic heterocycles. The van der Waals surface area contributed by atoms with Gasteiger partial charge in [-0.3, -0.25) is 4.57 Å². The van der Waals surface area contributed by atoms with Gasteiger partial charge in [0.25, 0.3) is 0 Å². The minimum atomic E-state index is -3.46. The van der Waals surface area contributed by atoms with E-state index in [-0.39, 0.29) is 32.2 Å². The lowest BCUT2D eigenvalue weighted by Gasteiger charge is -2.24. The van der Waals surface area contributed by atoms with Crippen LogP contribution in [0.1, 0.15) is 13.8 Å². The number of ether oxygens (including phenoxy) is 1. The van der Waals surface area contributed by atoms with Crippen molar-refractivity contribution < 1.29 is 32.5 Å². The van der Waals surface area contributed by atoms with Crippen molar-refractivity contribution in [3.05, 3.63) is 0 Å². The van der Waals surface area contributed by atoms with Crippen molar-refractivity contribution in [3.8, 4) is 0 Å². The third-order valence-corrected chi connectivity index (χ3v) is 5.81. The number of nitrogens with one attached hydrogen (secondary N) is 1. The number of rotatable bonds is 11. The number of aliphatic imine (C=N–C) groups is 1. The van der Waals surface area contributed by atoms with Gasteiger partial charge in [-0.25, -0.2) is 9.59 Å². The van der Waals surface area contributed by atoms with Crippen LogP contribution in [-0.4, -0.2) is 63.8 Å². The number of carbonyl (C=O) groups excluding carboxylic acids is 2. The minimum Gasteiger partial charge on any atom is -0.445 e. The van der Waals surface area contributed by atoms with Crippen LogP contribution in [0.15, 0.2) is 4.99 Å². The Kier molecular flexibility index (Phi) is 10.3. The van der Waals surface area contributed by atoms with E-state index in [2.05, 4.69) is 10.3 Å². The van der Waals surface area contributed by atoms with Gasteiger partial charge < -0.3 is 23.7 Å². The Morgan fingerprint density at radius 1 is 1.17 bits per heavy atom. The Morgan fingerprint density at radius 3 is 2.17 bits per heavy atom. The summed E-state index contributed by atoms with van der Waals surface area (Å²) in [6, 6.07) is 0. The summed E-state index contributed by atoms with van der Waals surface area (Å²) in [4.78, 5) is 24.7. The van der Waals surface area contributed by atoms with Crippen LogP contribution in [0.4, 0.5) is 4.79 Å². The van der Waals surface area contributed by atoms with Crippen molar-refractivity contribution in [2.75, 3.05) is 45.5 Å². The van der Waals surface area contributed by atoms with Crippen molar-refractivity contribution >= 4 is 26.9 Å². The van der Waals surface area contributed by atoms with Crippen LogP contribution in [-0.2, 0) is 27.7 Å². The molecule has 1 amide bonds. The molecule has 1 N–H and O–H groups in total. The molecular weight excluding hydrogens is 346 g/mol. The Balaban J connectivity index is 4.98. The van der Waals surface area contributed by atoms with Crippen LogP contribution in [0.5, 0.6) is 0 Å². The van der Waals surface area contributed by atoms with Gasteiger partial charge in [-0.2, -0.15) is 4.99 Å². The average Bonchev–Trinajstić information content (AvgIpc) is 2.36. The highest BCUT2D eigenvalue weighted by Gasteiger charge is 2.33. The van der Waals surface area contributed by atoms with Gasteiger partial charge in [0.15, 0.2) is 0 Å². The predicted molar refractivity (Wildman–Crippen MR) is 86.4 cm³/mol. The van der Waals surface area contributed by atoms with E-state index in [0.29, 0.717) is 0 Å². The van der Waals surface area contributed by atoms with Gasteiger partial charge >= 0.3 is 13.7 Å². The molecule has 0 saturated carbocycles. The molecule has 0 bridgehead atoms. The quantitative estimate of drug-likeness (QED) is 0.336. The van der Waals surface area contributed by atoms with Gasteiger partial charge in [0.05, 0.1) is 26.5 Å². The van der Waals surface area contributed by atoms with Gasteiger partial charge in [0.2, 0.25) is 6.08 Å². The first kappa shape index (κ1) is 22.0. The van der Waals surface area contributed by atoms with Crippen molar-refractivity contribution in [1.29, 1.82) is 0 Å². The Bertz CT molecular complexity index is 504. The fourth-order valence-corrected chi connectivity index (χ4v) is 4.90. The van der Waals surface area contributed by atoms with Crippen LogP contribution in [0.25, 0.3) is 0 Å². The molecule has 0 aromatic carbocycles. The summed E-state index contributed by atoms with van der Waals surface area (Å²) in [7, 11) is -6.02. The molecule has 0 aliphatic carbocycles. The van der Waals surface area contributed by atoms with E-state index in [0.717, 1.165) is 0 Å². The van der Waals surface area contributed by atoms with Crippen LogP contribution in [0, 0.1) is 0 Å². The number of nitrogens with zero attached hydrogens (tertiary/aromatic N) is 1. The Morgan fingerprint density at radius 2 is 1.74 bits per heavy atom. The van der Waals surface area contributed by atoms with Crippen LogP contribution >= 0.6 is 14.7 Å². The summed E-state index contributed by atoms with van der Waals surface area (Å²) in [5.74, 6) is 0. The highest BCUT2D eigenvalue weighted by atomic mass is 31.2. The van der Waals surface area contributed by atoms with E-state index >= 15 is 0 Å². The molecule has 1 unspecified atom stereocenters. The molecule has 134 valence electrons. The fourth-order valence-electron chi connectivity index (χ4n) is 1.74. The van der Waals surface area contributed by atoms with Crippen molar-refractivity contribution in [3.63, 3.8) is 0 Å². The van der Waals surface area contributed by atoms with Gasteiger partial charge in [-0.1, -0.05) is 0 Å². The standard InChI is InChI=1S/C12H24N2O7P2/c1-5-19-23(18,20-6-2)8-11(7-22(3,4)17)21-12(16)14-9-13-10-15/h11H,5-9H2,1-4H3,(H,14,16). The van der Waals surface area contributed by atoms with E-state index in [1.807, 2.05) is 0 Å². The third kappa shape index (κ3) is 11.2. The summed E-state index contributed by atoms with van der Waals surface area (Å²) >= 11 is 0. The maximum Gasteiger partial charge on any atom is 0.408 e. The van der Waals surface area contributed by atoms with Crippen LogP contribution < -0.4 is 5.32 Å². The fraction of sp³-hybridized carbons (Fsp3) is 0.833. The first-order valence-electron chi connectivity index (χ1n) is 7.06. The molecule has 0 fully saturated rings. The molecule has 0 spiro atoms. The number of hydrogen-bond donors (Lipinski definition) is 1. The minimum absolute atomic E-state index is 0.0293. The molecule has 9 nitrogen and oxygen atoms in total. The zero-order chi connectivity index (χ0) is 17.9. The second-order valence-corrected chi connectivity index (χ2v) is 10.6. The van der Waals surface area contributed by atoms with Crippen molar-refractivity contribution in [2.45, 2.75) is 20.0 Å². The van der Waals surface area contributed by atoms with Gasteiger partial charge in [-0.15, -0.1) is 0 Å². The second-order valence-electron chi connectivity index (χ2n) is 5.00. The summed E-state index contributed by atoms with van der Waals surface area (Å²) < 4.78 is 40.0. The number of alkyl carbamates (subject to hydrolysis) is 1. The van der Waals surface area contributed by atoms with E-state index in [4.69, 9.17) is 13.8 Å². The molecule has 0 aliphatic heterocycles. The molecule has 23 heavy (non-hydrogen) atoms. The third-order valence-electron chi connectivity index (χ3n) is 2.36. The summed E-state index contributed by atoms with van der Waals surface area (Å²) in [6.07, 6.45) is -0.702. The molecule has 0 saturated heterocycles. The van der Waals surface area contributed by atoms with E-state index in [9.17, 15) is 18.7 Å². The Labute approximate surface area is 136 Å². The number of amides is 1. The first-order valence-corrected chi connectivity index (χ1v) is 11.6. The van der Waals surface area contributed by atoms with Gasteiger partial charge in [0, 0.05) is 6.16 Å². The largest absolute Gasteiger partial charge is 0.445 e. The Hall–Kier alpha value is -0.970. The number of carbonyl (C=O) groups is 1.